The Morgan fingerprint density at radius 3 is 2.32 bits per heavy atom. The highest BCUT2D eigenvalue weighted by Crippen LogP contribution is 2.34. The van der Waals surface area contributed by atoms with Crippen LogP contribution in [0, 0.1) is 6.92 Å². The monoisotopic (exact) mass is 383 g/mol. The van der Waals surface area contributed by atoms with Gasteiger partial charge in [0.25, 0.3) is 0 Å². The Hall–Kier alpha value is -3.23. The molecular formula is C25H18ClNO. The van der Waals surface area contributed by atoms with E-state index in [4.69, 9.17) is 11.6 Å². The summed E-state index contributed by atoms with van der Waals surface area (Å²) in [5.41, 5.74) is 4.95. The highest BCUT2D eigenvalue weighted by atomic mass is 35.5. The molecule has 1 aromatic heterocycles. The Balaban J connectivity index is 1.93. The van der Waals surface area contributed by atoms with Crippen LogP contribution >= 0.6 is 11.6 Å². The Morgan fingerprint density at radius 1 is 0.929 bits per heavy atom. The summed E-state index contributed by atoms with van der Waals surface area (Å²) in [5, 5.41) is 1.49. The quantitative estimate of drug-likeness (QED) is 0.288. The van der Waals surface area contributed by atoms with Crippen molar-refractivity contribution in [1.29, 1.82) is 0 Å². The highest BCUT2D eigenvalue weighted by molar-refractivity contribution is 6.31. The number of allylic oxidation sites excluding steroid dienone is 1. The van der Waals surface area contributed by atoms with E-state index in [1.54, 1.807) is 6.08 Å². The molecule has 2 nitrogen and oxygen atoms in total. The standard InChI is InChI=1S/C25H18ClNO/c1-17-24(23(28)15-12-18-8-4-2-5-9-18)25(19-10-6-3-7-11-19)21-16-20(26)13-14-22(21)27-17/h2-16H,1H3. The van der Waals surface area contributed by atoms with Crippen LogP contribution < -0.4 is 0 Å². The van der Waals surface area contributed by atoms with E-state index in [9.17, 15) is 4.79 Å². The molecule has 0 saturated carbocycles. The molecule has 0 spiro atoms. The maximum atomic E-state index is 13.2. The minimum atomic E-state index is -0.0745. The zero-order chi connectivity index (χ0) is 19.5. The molecule has 0 aliphatic heterocycles. The summed E-state index contributed by atoms with van der Waals surface area (Å²) in [7, 11) is 0. The Bertz CT molecular complexity index is 1180. The van der Waals surface area contributed by atoms with E-state index in [1.807, 2.05) is 91.9 Å². The molecule has 0 unspecified atom stereocenters. The molecule has 0 fully saturated rings. The number of halogens is 1. The van der Waals surface area contributed by atoms with Crippen molar-refractivity contribution in [3.05, 3.63) is 107 Å². The van der Waals surface area contributed by atoms with Crippen molar-refractivity contribution in [2.75, 3.05) is 0 Å². The predicted molar refractivity (Wildman–Crippen MR) is 117 cm³/mol. The minimum Gasteiger partial charge on any atom is -0.289 e. The maximum Gasteiger partial charge on any atom is 0.188 e. The molecule has 0 bridgehead atoms. The van der Waals surface area contributed by atoms with Gasteiger partial charge in [-0.25, -0.2) is 0 Å². The van der Waals surface area contributed by atoms with Crippen LogP contribution in [0.5, 0.6) is 0 Å². The molecule has 0 radical (unpaired) electrons. The molecule has 0 saturated heterocycles. The molecule has 0 atom stereocenters. The van der Waals surface area contributed by atoms with Crippen LogP contribution in [-0.4, -0.2) is 10.8 Å². The van der Waals surface area contributed by atoms with Crippen molar-refractivity contribution in [3.63, 3.8) is 0 Å². The van der Waals surface area contributed by atoms with Crippen LogP contribution in [0.1, 0.15) is 21.6 Å². The molecule has 1 heterocycles. The van der Waals surface area contributed by atoms with Gasteiger partial charge in [-0.15, -0.1) is 0 Å². The maximum absolute atomic E-state index is 13.2. The van der Waals surface area contributed by atoms with Crippen molar-refractivity contribution in [1.82, 2.24) is 4.98 Å². The molecule has 0 aliphatic rings. The van der Waals surface area contributed by atoms with Gasteiger partial charge in [-0.3, -0.25) is 9.78 Å². The predicted octanol–water partition coefficient (Wildman–Crippen LogP) is 6.76. The smallest absolute Gasteiger partial charge is 0.188 e. The Labute approximate surface area is 169 Å². The van der Waals surface area contributed by atoms with Crippen molar-refractivity contribution >= 4 is 34.4 Å². The lowest BCUT2D eigenvalue weighted by molar-refractivity contribution is 0.104. The van der Waals surface area contributed by atoms with E-state index in [0.717, 1.165) is 27.6 Å². The fourth-order valence-corrected chi connectivity index (χ4v) is 3.56. The van der Waals surface area contributed by atoms with Gasteiger partial charge in [-0.2, -0.15) is 0 Å². The summed E-state index contributed by atoms with van der Waals surface area (Å²) in [6.45, 7) is 1.88. The summed E-state index contributed by atoms with van der Waals surface area (Å²) < 4.78 is 0. The van der Waals surface area contributed by atoms with Gasteiger partial charge in [0.15, 0.2) is 5.78 Å². The Morgan fingerprint density at radius 2 is 1.61 bits per heavy atom. The lowest BCUT2D eigenvalue weighted by Crippen LogP contribution is -2.05. The second kappa shape index (κ2) is 7.79. The van der Waals surface area contributed by atoms with Gasteiger partial charge in [0, 0.05) is 21.7 Å². The number of aryl methyl sites for hydroxylation is 1. The second-order valence-electron chi connectivity index (χ2n) is 6.58. The van der Waals surface area contributed by atoms with Crippen LogP contribution in [0.2, 0.25) is 5.02 Å². The number of rotatable bonds is 4. The molecule has 0 aliphatic carbocycles. The number of hydrogen-bond acceptors (Lipinski definition) is 2. The SMILES string of the molecule is Cc1nc2ccc(Cl)cc2c(-c2ccccc2)c1C(=O)C=Cc1ccccc1. The van der Waals surface area contributed by atoms with Crippen LogP contribution in [0.15, 0.2) is 84.9 Å². The summed E-state index contributed by atoms with van der Waals surface area (Å²) in [5.74, 6) is -0.0745. The van der Waals surface area contributed by atoms with Crippen LogP contribution in [0.3, 0.4) is 0 Å². The first kappa shape index (κ1) is 18.1. The van der Waals surface area contributed by atoms with Gasteiger partial charge in [-0.05, 0) is 42.3 Å². The number of hydrogen-bond donors (Lipinski definition) is 0. The van der Waals surface area contributed by atoms with Crippen LogP contribution in [0.4, 0.5) is 0 Å². The van der Waals surface area contributed by atoms with Crippen molar-refractivity contribution < 1.29 is 4.79 Å². The first-order valence-corrected chi connectivity index (χ1v) is 9.44. The lowest BCUT2D eigenvalue weighted by Gasteiger charge is -2.14. The zero-order valence-electron chi connectivity index (χ0n) is 15.4. The lowest BCUT2D eigenvalue weighted by atomic mass is 9.92. The topological polar surface area (TPSA) is 30.0 Å². The fourth-order valence-electron chi connectivity index (χ4n) is 3.38. The molecule has 28 heavy (non-hydrogen) atoms. The van der Waals surface area contributed by atoms with E-state index in [-0.39, 0.29) is 5.78 Å². The second-order valence-corrected chi connectivity index (χ2v) is 7.02. The van der Waals surface area contributed by atoms with E-state index < -0.39 is 0 Å². The summed E-state index contributed by atoms with van der Waals surface area (Å²) >= 11 is 6.26. The van der Waals surface area contributed by atoms with Gasteiger partial charge in [-0.1, -0.05) is 78.3 Å². The number of benzene rings is 3. The van der Waals surface area contributed by atoms with Gasteiger partial charge in [0.05, 0.1) is 11.1 Å². The van der Waals surface area contributed by atoms with E-state index in [2.05, 4.69) is 4.98 Å². The number of ketones is 1. The minimum absolute atomic E-state index is 0.0745. The number of carbonyl (C=O) groups excluding carboxylic acids is 1. The molecular weight excluding hydrogens is 366 g/mol. The fraction of sp³-hybridized carbons (Fsp3) is 0.0400. The number of carbonyl (C=O) groups is 1. The number of fused-ring (bicyclic) bond motifs is 1. The third-order valence-corrected chi connectivity index (χ3v) is 4.90. The molecule has 0 amide bonds. The van der Waals surface area contributed by atoms with Gasteiger partial charge >= 0.3 is 0 Å². The zero-order valence-corrected chi connectivity index (χ0v) is 16.1. The van der Waals surface area contributed by atoms with E-state index in [1.165, 1.54) is 0 Å². The average molecular weight is 384 g/mol. The first-order valence-electron chi connectivity index (χ1n) is 9.06. The number of aromatic nitrogens is 1. The average Bonchev–Trinajstić information content (AvgIpc) is 2.73. The Kier molecular flexibility index (Phi) is 5.05. The molecule has 136 valence electrons. The highest BCUT2D eigenvalue weighted by Gasteiger charge is 2.19. The van der Waals surface area contributed by atoms with Crippen molar-refractivity contribution in [2.24, 2.45) is 0 Å². The molecule has 4 aromatic rings. The van der Waals surface area contributed by atoms with Crippen LogP contribution in [-0.2, 0) is 0 Å². The molecule has 3 aromatic carbocycles. The summed E-state index contributed by atoms with van der Waals surface area (Å²) in [4.78, 5) is 17.9. The van der Waals surface area contributed by atoms with Gasteiger partial charge in [0.1, 0.15) is 0 Å². The molecule has 4 rings (SSSR count). The first-order chi connectivity index (χ1) is 13.6. The van der Waals surface area contributed by atoms with Gasteiger partial charge < -0.3 is 0 Å². The molecule has 3 heteroatoms. The third kappa shape index (κ3) is 3.60. The van der Waals surface area contributed by atoms with Crippen molar-refractivity contribution in [2.45, 2.75) is 6.92 Å². The van der Waals surface area contributed by atoms with E-state index in [0.29, 0.717) is 16.3 Å². The number of nitrogens with zero attached hydrogens (tertiary/aromatic N) is 1. The van der Waals surface area contributed by atoms with Crippen LogP contribution in [0.25, 0.3) is 28.1 Å². The van der Waals surface area contributed by atoms with Gasteiger partial charge in [0.2, 0.25) is 0 Å². The summed E-state index contributed by atoms with van der Waals surface area (Å²) in [6.07, 6.45) is 3.45. The van der Waals surface area contributed by atoms with E-state index >= 15 is 0 Å². The third-order valence-electron chi connectivity index (χ3n) is 4.66. The molecule has 0 N–H and O–H groups in total. The number of pyridine rings is 1. The summed E-state index contributed by atoms with van der Waals surface area (Å²) in [6, 6.07) is 25.3. The normalized spacial score (nSPS) is 11.2. The largest absolute Gasteiger partial charge is 0.289 e. The van der Waals surface area contributed by atoms with Crippen molar-refractivity contribution in [3.8, 4) is 11.1 Å².